The van der Waals surface area contributed by atoms with E-state index in [0.29, 0.717) is 18.8 Å². The van der Waals surface area contributed by atoms with Crippen LogP contribution in [0.3, 0.4) is 0 Å². The Labute approximate surface area is 130 Å². The molecule has 1 aromatic carbocycles. The molecule has 1 saturated heterocycles. The summed E-state index contributed by atoms with van der Waals surface area (Å²) in [6, 6.07) is 8.34. The van der Waals surface area contributed by atoms with Gasteiger partial charge < -0.3 is 10.0 Å². The Morgan fingerprint density at radius 3 is 2.95 bits per heavy atom. The van der Waals surface area contributed by atoms with Crippen LogP contribution in [0.15, 0.2) is 24.3 Å². The van der Waals surface area contributed by atoms with Crippen LogP contribution in [0.4, 0.5) is 5.69 Å². The third kappa shape index (κ3) is 1.76. The van der Waals surface area contributed by atoms with Crippen LogP contribution in [0.1, 0.15) is 50.5 Å². The second kappa shape index (κ2) is 4.83. The van der Waals surface area contributed by atoms with E-state index in [1.165, 1.54) is 5.56 Å². The Morgan fingerprint density at radius 2 is 2.14 bits per heavy atom. The zero-order chi connectivity index (χ0) is 15.3. The number of piperidine rings is 1. The summed E-state index contributed by atoms with van der Waals surface area (Å²) in [7, 11) is 0. The van der Waals surface area contributed by atoms with Gasteiger partial charge in [-0.15, -0.1) is 0 Å². The largest absolute Gasteiger partial charge is 0.481 e. The first-order chi connectivity index (χ1) is 10.6. The topological polar surface area (TPSA) is 57.6 Å². The van der Waals surface area contributed by atoms with Crippen molar-refractivity contribution in [3.63, 3.8) is 0 Å². The van der Waals surface area contributed by atoms with Crippen molar-refractivity contribution in [1.82, 2.24) is 0 Å². The van der Waals surface area contributed by atoms with Gasteiger partial charge in [0.2, 0.25) is 5.91 Å². The lowest BCUT2D eigenvalue weighted by molar-refractivity contribution is -0.137. The fraction of sp³-hybridized carbons (Fsp3) is 0.556. The van der Waals surface area contributed by atoms with Crippen LogP contribution in [0.5, 0.6) is 0 Å². The van der Waals surface area contributed by atoms with Crippen LogP contribution in [-0.4, -0.2) is 23.0 Å². The van der Waals surface area contributed by atoms with Gasteiger partial charge in [0.05, 0.1) is 0 Å². The van der Waals surface area contributed by atoms with Crippen molar-refractivity contribution >= 4 is 17.6 Å². The molecule has 1 saturated carbocycles. The van der Waals surface area contributed by atoms with Gasteiger partial charge in [0.15, 0.2) is 0 Å². The first kappa shape index (κ1) is 13.8. The number of hydrogen-bond acceptors (Lipinski definition) is 2. The highest BCUT2D eigenvalue weighted by Gasteiger charge is 2.58. The molecule has 2 aliphatic heterocycles. The highest BCUT2D eigenvalue weighted by atomic mass is 16.4. The van der Waals surface area contributed by atoms with Gasteiger partial charge in [-0.25, -0.2) is 0 Å². The fourth-order valence-electron chi connectivity index (χ4n) is 5.20. The first-order valence-corrected chi connectivity index (χ1v) is 8.27. The molecule has 2 fully saturated rings. The number of carbonyl (C=O) groups excluding carboxylic acids is 1. The number of aliphatic carboxylic acids is 1. The Morgan fingerprint density at radius 1 is 1.32 bits per heavy atom. The van der Waals surface area contributed by atoms with Crippen LogP contribution in [0.2, 0.25) is 0 Å². The van der Waals surface area contributed by atoms with Crippen LogP contribution in [0, 0.1) is 5.92 Å². The van der Waals surface area contributed by atoms with E-state index in [0.717, 1.165) is 31.4 Å². The molecule has 1 N–H and O–H groups in total. The van der Waals surface area contributed by atoms with Crippen molar-refractivity contribution in [3.05, 3.63) is 29.8 Å². The lowest BCUT2D eigenvalue weighted by Crippen LogP contribution is -2.56. The fourth-order valence-corrected chi connectivity index (χ4v) is 5.20. The second-order valence-corrected chi connectivity index (χ2v) is 6.97. The molecule has 0 radical (unpaired) electrons. The summed E-state index contributed by atoms with van der Waals surface area (Å²) >= 11 is 0. The average Bonchev–Trinajstić information content (AvgIpc) is 2.82. The molecule has 2 heterocycles. The maximum Gasteiger partial charge on any atom is 0.303 e. The number of rotatable bonds is 3. The van der Waals surface area contributed by atoms with E-state index < -0.39 is 5.97 Å². The van der Waals surface area contributed by atoms with E-state index in [9.17, 15) is 14.7 Å². The molecule has 0 bridgehead atoms. The molecule has 1 aliphatic carbocycles. The summed E-state index contributed by atoms with van der Waals surface area (Å²) in [5.74, 6) is -0.00462. The summed E-state index contributed by atoms with van der Waals surface area (Å²) in [4.78, 5) is 25.7. The van der Waals surface area contributed by atoms with Gasteiger partial charge in [0, 0.05) is 30.0 Å². The van der Waals surface area contributed by atoms with Gasteiger partial charge in [-0.1, -0.05) is 24.6 Å². The van der Waals surface area contributed by atoms with Crippen molar-refractivity contribution in [3.8, 4) is 0 Å². The maximum absolute atomic E-state index is 12.6. The minimum absolute atomic E-state index is 0.145. The van der Waals surface area contributed by atoms with E-state index in [4.69, 9.17) is 0 Å². The molecular formula is C18H21NO3. The SMILES string of the molecule is O=C(O)CC[C@@]12CCC[C@@H]3CCC(=O)N(c4ccccc41)[C@@H]32. The highest BCUT2D eigenvalue weighted by molar-refractivity contribution is 5.98. The molecule has 1 amide bonds. The smallest absolute Gasteiger partial charge is 0.303 e. The van der Waals surface area contributed by atoms with Crippen molar-refractivity contribution < 1.29 is 14.7 Å². The number of benzene rings is 1. The zero-order valence-electron chi connectivity index (χ0n) is 12.6. The Balaban J connectivity index is 1.86. The molecule has 0 unspecified atom stereocenters. The molecule has 4 nitrogen and oxygen atoms in total. The number of carboxylic acid groups (broad SMARTS) is 1. The van der Waals surface area contributed by atoms with Gasteiger partial charge in [-0.3, -0.25) is 9.59 Å². The molecule has 4 rings (SSSR count). The van der Waals surface area contributed by atoms with Crippen molar-refractivity contribution in [2.45, 2.75) is 56.4 Å². The lowest BCUT2D eigenvalue weighted by atomic mass is 9.60. The van der Waals surface area contributed by atoms with Gasteiger partial charge >= 0.3 is 5.97 Å². The molecule has 4 heteroatoms. The predicted molar refractivity (Wildman–Crippen MR) is 82.8 cm³/mol. The molecule has 0 aromatic heterocycles. The summed E-state index contributed by atoms with van der Waals surface area (Å²) in [6.07, 6.45) is 5.72. The summed E-state index contributed by atoms with van der Waals surface area (Å²) in [5, 5.41) is 9.18. The second-order valence-electron chi connectivity index (χ2n) is 6.97. The number of amides is 1. The van der Waals surface area contributed by atoms with Crippen molar-refractivity contribution in [1.29, 1.82) is 0 Å². The first-order valence-electron chi connectivity index (χ1n) is 8.27. The molecule has 22 heavy (non-hydrogen) atoms. The molecular weight excluding hydrogens is 278 g/mol. The number of carbonyl (C=O) groups is 2. The number of hydrogen-bond donors (Lipinski definition) is 1. The summed E-state index contributed by atoms with van der Waals surface area (Å²) < 4.78 is 0. The predicted octanol–water partition coefficient (Wildman–Crippen LogP) is 3.10. The molecule has 1 aromatic rings. The number of fused-ring (bicyclic) bond motifs is 3. The van der Waals surface area contributed by atoms with Gasteiger partial charge in [-0.2, -0.15) is 0 Å². The minimum atomic E-state index is -0.741. The standard InChI is InChI=1S/C18H21NO3/c20-15-8-7-12-4-3-10-18(11-9-16(21)22)13-5-1-2-6-14(13)19(15)17(12)18/h1-2,5-6,12,17H,3-4,7-11H2,(H,21,22)/t12-,17+,18+/m1/s1. The van der Waals surface area contributed by atoms with Gasteiger partial charge in [0.1, 0.15) is 0 Å². The number of anilines is 1. The van der Waals surface area contributed by atoms with E-state index in [1.54, 1.807) is 0 Å². The minimum Gasteiger partial charge on any atom is -0.481 e. The Hall–Kier alpha value is -1.84. The van der Waals surface area contributed by atoms with Crippen LogP contribution in [0.25, 0.3) is 0 Å². The van der Waals surface area contributed by atoms with Crippen molar-refractivity contribution in [2.75, 3.05) is 4.90 Å². The maximum atomic E-state index is 12.6. The summed E-state index contributed by atoms with van der Waals surface area (Å²) in [5.41, 5.74) is 2.10. The summed E-state index contributed by atoms with van der Waals surface area (Å²) in [6.45, 7) is 0. The molecule has 116 valence electrons. The Kier molecular flexibility index (Phi) is 3.03. The van der Waals surface area contributed by atoms with Gasteiger partial charge in [-0.05, 0) is 43.2 Å². The normalized spacial score (nSPS) is 32.5. The van der Waals surface area contributed by atoms with E-state index in [2.05, 4.69) is 6.07 Å². The molecule has 3 aliphatic rings. The van der Waals surface area contributed by atoms with Gasteiger partial charge in [0.25, 0.3) is 0 Å². The third-order valence-electron chi connectivity index (χ3n) is 5.97. The van der Waals surface area contributed by atoms with E-state index in [1.807, 2.05) is 23.1 Å². The number of para-hydroxylation sites is 1. The van der Waals surface area contributed by atoms with Crippen LogP contribution >= 0.6 is 0 Å². The quantitative estimate of drug-likeness (QED) is 0.933. The average molecular weight is 299 g/mol. The monoisotopic (exact) mass is 299 g/mol. The van der Waals surface area contributed by atoms with Crippen LogP contribution in [-0.2, 0) is 15.0 Å². The van der Waals surface area contributed by atoms with E-state index in [-0.39, 0.29) is 23.8 Å². The van der Waals surface area contributed by atoms with Crippen LogP contribution < -0.4 is 4.90 Å². The lowest BCUT2D eigenvalue weighted by Gasteiger charge is -2.49. The molecule has 3 atom stereocenters. The molecule has 0 spiro atoms. The van der Waals surface area contributed by atoms with E-state index >= 15 is 0 Å². The number of nitrogens with zero attached hydrogens (tertiary/aromatic N) is 1. The highest BCUT2D eigenvalue weighted by Crippen LogP contribution is 2.58. The zero-order valence-corrected chi connectivity index (χ0v) is 12.6. The third-order valence-corrected chi connectivity index (χ3v) is 5.97. The Bertz CT molecular complexity index is 641. The number of carboxylic acids is 1. The van der Waals surface area contributed by atoms with Crippen molar-refractivity contribution in [2.24, 2.45) is 5.92 Å².